The van der Waals surface area contributed by atoms with Crippen molar-refractivity contribution >= 4 is 10.0 Å². The number of primary sulfonamides is 1. The largest absolute Gasteiger partial charge is 0.497 e. The standard InChI is InChI=1S/2C7H8O.C2H6.CH5NO2S/c2*1-8-7-5-3-2-4-6-7;1-2;1-5(2,3)4/h2*2-6H,1H3;1-2H3;1H3,(H2,2,3,4). The Morgan fingerprint density at radius 2 is 0.957 bits per heavy atom. The Morgan fingerprint density at radius 3 is 1.09 bits per heavy atom. The van der Waals surface area contributed by atoms with Gasteiger partial charge in [-0.05, 0) is 24.3 Å². The molecule has 23 heavy (non-hydrogen) atoms. The van der Waals surface area contributed by atoms with E-state index in [-0.39, 0.29) is 0 Å². The minimum absolute atomic E-state index is 0.910. The van der Waals surface area contributed by atoms with Crippen LogP contribution in [0.3, 0.4) is 0 Å². The van der Waals surface area contributed by atoms with Crippen molar-refractivity contribution in [2.24, 2.45) is 5.14 Å². The molecule has 2 rings (SSSR count). The Bertz CT molecular complexity index is 525. The second-order valence-electron chi connectivity index (χ2n) is 3.86. The summed E-state index contributed by atoms with van der Waals surface area (Å²) >= 11 is 0. The summed E-state index contributed by atoms with van der Waals surface area (Å²) in [4.78, 5) is 0. The van der Waals surface area contributed by atoms with Crippen LogP contribution in [0.15, 0.2) is 60.7 Å². The molecule has 0 aromatic heterocycles. The third kappa shape index (κ3) is 19.9. The highest BCUT2D eigenvalue weighted by Crippen LogP contribution is 2.06. The van der Waals surface area contributed by atoms with Gasteiger partial charge < -0.3 is 9.47 Å². The van der Waals surface area contributed by atoms with Gasteiger partial charge in [-0.1, -0.05) is 50.2 Å². The molecule has 0 radical (unpaired) electrons. The lowest BCUT2D eigenvalue weighted by atomic mass is 10.3. The summed E-state index contributed by atoms with van der Waals surface area (Å²) < 4.78 is 28.6. The Hall–Kier alpha value is -2.05. The lowest BCUT2D eigenvalue weighted by molar-refractivity contribution is 0.414. The maximum Gasteiger partial charge on any atom is 0.206 e. The lowest BCUT2D eigenvalue weighted by Crippen LogP contribution is -2.07. The molecule has 130 valence electrons. The van der Waals surface area contributed by atoms with Gasteiger partial charge >= 0.3 is 0 Å². The minimum atomic E-state index is -3.17. The van der Waals surface area contributed by atoms with Crippen molar-refractivity contribution in [3.8, 4) is 11.5 Å². The summed E-state index contributed by atoms with van der Waals surface area (Å²) in [5.74, 6) is 1.82. The smallest absolute Gasteiger partial charge is 0.206 e. The van der Waals surface area contributed by atoms with Gasteiger partial charge in [0.25, 0.3) is 0 Å². The number of sulfonamides is 1. The van der Waals surface area contributed by atoms with Gasteiger partial charge in [-0.3, -0.25) is 0 Å². The van der Waals surface area contributed by atoms with Crippen LogP contribution in [0.5, 0.6) is 11.5 Å². The fraction of sp³-hybridized carbons (Fsp3) is 0.294. The molecule has 0 fully saturated rings. The molecule has 5 nitrogen and oxygen atoms in total. The van der Waals surface area contributed by atoms with Crippen molar-refractivity contribution in [2.45, 2.75) is 13.8 Å². The fourth-order valence-corrected chi connectivity index (χ4v) is 1.11. The molecule has 2 aromatic carbocycles. The lowest BCUT2D eigenvalue weighted by Gasteiger charge is -1.93. The van der Waals surface area contributed by atoms with Crippen LogP contribution >= 0.6 is 0 Å². The van der Waals surface area contributed by atoms with Gasteiger partial charge in [0.05, 0.1) is 20.5 Å². The van der Waals surface area contributed by atoms with Crippen LogP contribution in [0.25, 0.3) is 0 Å². The first-order valence-electron chi connectivity index (χ1n) is 7.02. The maximum absolute atomic E-state index is 9.41. The summed E-state index contributed by atoms with van der Waals surface area (Å²) in [7, 11) is 0.157. The summed E-state index contributed by atoms with van der Waals surface area (Å²) in [5, 5.41) is 4.33. The van der Waals surface area contributed by atoms with E-state index in [1.807, 2.05) is 74.5 Å². The van der Waals surface area contributed by atoms with Crippen LogP contribution in [0, 0.1) is 0 Å². The van der Waals surface area contributed by atoms with E-state index in [1.165, 1.54) is 0 Å². The number of benzene rings is 2. The van der Waals surface area contributed by atoms with Crippen LogP contribution in [-0.2, 0) is 10.0 Å². The molecule has 2 aromatic rings. The highest BCUT2D eigenvalue weighted by atomic mass is 32.2. The normalized spacial score (nSPS) is 8.78. The van der Waals surface area contributed by atoms with Gasteiger partial charge in [0.15, 0.2) is 0 Å². The number of rotatable bonds is 2. The average Bonchev–Trinajstić information content (AvgIpc) is 2.57. The van der Waals surface area contributed by atoms with Crippen LogP contribution in [0.1, 0.15) is 13.8 Å². The maximum atomic E-state index is 9.41. The Labute approximate surface area is 140 Å². The number of methoxy groups -OCH3 is 2. The van der Waals surface area contributed by atoms with Crippen molar-refractivity contribution in [1.82, 2.24) is 0 Å². The molecule has 0 amide bonds. The van der Waals surface area contributed by atoms with Crippen molar-refractivity contribution < 1.29 is 17.9 Å². The molecule has 0 saturated heterocycles. The molecule has 0 atom stereocenters. The van der Waals surface area contributed by atoms with Crippen molar-refractivity contribution in [2.75, 3.05) is 20.5 Å². The third-order valence-electron chi connectivity index (χ3n) is 1.96. The van der Waals surface area contributed by atoms with Gasteiger partial charge in [0, 0.05) is 0 Å². The topological polar surface area (TPSA) is 78.6 Å². The molecular weight excluding hydrogens is 314 g/mol. The fourth-order valence-electron chi connectivity index (χ4n) is 1.11. The summed E-state index contributed by atoms with van der Waals surface area (Å²) in [6.45, 7) is 4.00. The predicted molar refractivity (Wildman–Crippen MR) is 96.4 cm³/mol. The Kier molecular flexibility index (Phi) is 15.0. The quantitative estimate of drug-likeness (QED) is 0.909. The highest BCUT2D eigenvalue weighted by molar-refractivity contribution is 7.88. The van der Waals surface area contributed by atoms with Crippen LogP contribution < -0.4 is 14.6 Å². The van der Waals surface area contributed by atoms with E-state index in [9.17, 15) is 8.42 Å². The zero-order valence-electron chi connectivity index (χ0n) is 14.4. The highest BCUT2D eigenvalue weighted by Gasteiger charge is 1.81. The van der Waals surface area contributed by atoms with Gasteiger partial charge in [0.1, 0.15) is 11.5 Å². The molecule has 0 aliphatic heterocycles. The van der Waals surface area contributed by atoms with Crippen LogP contribution in [-0.4, -0.2) is 28.9 Å². The predicted octanol–water partition coefficient (Wildman–Crippen LogP) is 3.32. The molecule has 0 unspecified atom stereocenters. The van der Waals surface area contributed by atoms with Gasteiger partial charge in [0.2, 0.25) is 10.0 Å². The zero-order chi connectivity index (χ0) is 18.1. The van der Waals surface area contributed by atoms with E-state index in [1.54, 1.807) is 14.2 Å². The molecule has 0 saturated carbocycles. The van der Waals surface area contributed by atoms with E-state index in [0.717, 1.165) is 17.8 Å². The second kappa shape index (κ2) is 14.9. The number of nitrogens with two attached hydrogens (primary N) is 1. The van der Waals surface area contributed by atoms with E-state index in [2.05, 4.69) is 5.14 Å². The van der Waals surface area contributed by atoms with Crippen molar-refractivity contribution in [3.05, 3.63) is 60.7 Å². The first-order chi connectivity index (χ1) is 10.9. The Balaban J connectivity index is 0. The molecule has 0 aliphatic rings. The van der Waals surface area contributed by atoms with E-state index in [4.69, 9.17) is 9.47 Å². The summed E-state index contributed by atoms with van der Waals surface area (Å²) in [6.07, 6.45) is 0.938. The first kappa shape index (κ1) is 23.2. The van der Waals surface area contributed by atoms with Crippen LogP contribution in [0.2, 0.25) is 0 Å². The first-order valence-corrected chi connectivity index (χ1v) is 8.98. The SMILES string of the molecule is CC.COc1ccccc1.COc1ccccc1.CS(N)(=O)=O. The molecule has 2 N–H and O–H groups in total. The number of hydrogen-bond acceptors (Lipinski definition) is 4. The molecule has 0 heterocycles. The van der Waals surface area contributed by atoms with Crippen molar-refractivity contribution in [3.63, 3.8) is 0 Å². The van der Waals surface area contributed by atoms with Crippen LogP contribution in [0.4, 0.5) is 0 Å². The van der Waals surface area contributed by atoms with E-state index < -0.39 is 10.0 Å². The molecular formula is C17H27NO4S. The Morgan fingerprint density at radius 1 is 0.739 bits per heavy atom. The average molecular weight is 341 g/mol. The minimum Gasteiger partial charge on any atom is -0.497 e. The van der Waals surface area contributed by atoms with Gasteiger partial charge in [-0.15, -0.1) is 0 Å². The molecule has 6 heteroatoms. The number of hydrogen-bond donors (Lipinski definition) is 1. The second-order valence-corrected chi connectivity index (χ2v) is 5.52. The molecule has 0 bridgehead atoms. The molecule has 0 aliphatic carbocycles. The van der Waals surface area contributed by atoms with E-state index in [0.29, 0.717) is 0 Å². The molecule has 0 spiro atoms. The van der Waals surface area contributed by atoms with Gasteiger partial charge in [-0.2, -0.15) is 0 Å². The summed E-state index contributed by atoms with van der Waals surface area (Å²) in [6, 6.07) is 19.4. The number of para-hydroxylation sites is 2. The summed E-state index contributed by atoms with van der Waals surface area (Å²) in [5.41, 5.74) is 0. The van der Waals surface area contributed by atoms with E-state index >= 15 is 0 Å². The van der Waals surface area contributed by atoms with Crippen molar-refractivity contribution in [1.29, 1.82) is 0 Å². The number of ether oxygens (including phenoxy) is 2. The van der Waals surface area contributed by atoms with Gasteiger partial charge in [-0.25, -0.2) is 13.6 Å². The zero-order valence-corrected chi connectivity index (χ0v) is 15.2. The third-order valence-corrected chi connectivity index (χ3v) is 1.96. The monoisotopic (exact) mass is 341 g/mol.